The summed E-state index contributed by atoms with van der Waals surface area (Å²) in [5.74, 6) is 0.510. The number of carbonyl (C=O) groups excluding carboxylic acids is 1. The van der Waals surface area contributed by atoms with Crippen LogP contribution in [0.3, 0.4) is 0 Å². The predicted octanol–water partition coefficient (Wildman–Crippen LogP) is 4.16. The summed E-state index contributed by atoms with van der Waals surface area (Å²) >= 11 is 3.37. The Labute approximate surface area is 127 Å². The third-order valence-corrected chi connectivity index (χ3v) is 3.29. The highest BCUT2D eigenvalue weighted by Crippen LogP contribution is 2.17. The normalized spacial score (nSPS) is 11.8. The second-order valence-corrected chi connectivity index (χ2v) is 5.49. The third-order valence-electron chi connectivity index (χ3n) is 2.80. The highest BCUT2D eigenvalue weighted by atomic mass is 79.9. The molecular weight excluding hydrogens is 318 g/mol. The number of carbonyl (C=O) groups is 1. The van der Waals surface area contributed by atoms with Crippen molar-refractivity contribution < 1.29 is 9.53 Å². The van der Waals surface area contributed by atoms with E-state index in [0.717, 1.165) is 15.7 Å². The van der Waals surface area contributed by atoms with E-state index in [0.29, 0.717) is 5.75 Å². The smallest absolute Gasteiger partial charge is 0.265 e. The van der Waals surface area contributed by atoms with Crippen LogP contribution in [0.2, 0.25) is 0 Å². The van der Waals surface area contributed by atoms with Crippen molar-refractivity contribution in [1.82, 2.24) is 0 Å². The first-order valence-electron chi connectivity index (χ1n) is 6.34. The van der Waals surface area contributed by atoms with Crippen LogP contribution in [-0.4, -0.2) is 12.0 Å². The lowest BCUT2D eigenvalue weighted by Gasteiger charge is -2.15. The van der Waals surface area contributed by atoms with Crippen molar-refractivity contribution >= 4 is 27.5 Å². The van der Waals surface area contributed by atoms with E-state index in [2.05, 4.69) is 21.2 Å². The molecular formula is C16H16BrNO2. The van der Waals surface area contributed by atoms with E-state index in [4.69, 9.17) is 4.74 Å². The molecule has 0 radical (unpaired) electrons. The molecule has 0 heterocycles. The van der Waals surface area contributed by atoms with Crippen molar-refractivity contribution in [3.05, 3.63) is 58.6 Å². The SMILES string of the molecule is Cc1ccc(O[C@H](C)C(=O)Nc2cccc(Br)c2)cc1. The molecule has 104 valence electrons. The van der Waals surface area contributed by atoms with Crippen LogP contribution in [0.25, 0.3) is 0 Å². The van der Waals surface area contributed by atoms with E-state index in [-0.39, 0.29) is 5.91 Å². The summed E-state index contributed by atoms with van der Waals surface area (Å²) in [5.41, 5.74) is 1.90. The molecule has 1 amide bonds. The minimum absolute atomic E-state index is 0.177. The van der Waals surface area contributed by atoms with Gasteiger partial charge in [-0.1, -0.05) is 39.7 Å². The van der Waals surface area contributed by atoms with Gasteiger partial charge in [0.1, 0.15) is 5.75 Å². The van der Waals surface area contributed by atoms with Gasteiger partial charge in [-0.15, -0.1) is 0 Å². The van der Waals surface area contributed by atoms with Gasteiger partial charge in [0, 0.05) is 10.2 Å². The molecule has 0 saturated heterocycles. The topological polar surface area (TPSA) is 38.3 Å². The molecule has 1 N–H and O–H groups in total. The van der Waals surface area contributed by atoms with Crippen molar-refractivity contribution in [3.8, 4) is 5.75 Å². The number of rotatable bonds is 4. The quantitative estimate of drug-likeness (QED) is 0.912. The zero-order valence-electron chi connectivity index (χ0n) is 11.4. The monoisotopic (exact) mass is 333 g/mol. The van der Waals surface area contributed by atoms with E-state index in [9.17, 15) is 4.79 Å². The van der Waals surface area contributed by atoms with E-state index >= 15 is 0 Å². The minimum Gasteiger partial charge on any atom is -0.481 e. The van der Waals surface area contributed by atoms with Crippen LogP contribution in [0.4, 0.5) is 5.69 Å². The van der Waals surface area contributed by atoms with E-state index in [1.807, 2.05) is 55.5 Å². The fourth-order valence-electron chi connectivity index (χ4n) is 1.68. The molecule has 3 nitrogen and oxygen atoms in total. The van der Waals surface area contributed by atoms with Gasteiger partial charge < -0.3 is 10.1 Å². The average molecular weight is 334 g/mol. The summed E-state index contributed by atoms with van der Waals surface area (Å²) in [7, 11) is 0. The lowest BCUT2D eigenvalue weighted by Crippen LogP contribution is -2.30. The van der Waals surface area contributed by atoms with Crippen molar-refractivity contribution in [2.45, 2.75) is 20.0 Å². The molecule has 0 bridgehead atoms. The lowest BCUT2D eigenvalue weighted by atomic mass is 10.2. The first-order chi connectivity index (χ1) is 9.54. The Morgan fingerprint density at radius 3 is 2.55 bits per heavy atom. The highest BCUT2D eigenvalue weighted by molar-refractivity contribution is 9.10. The Bertz CT molecular complexity index is 596. The maximum absolute atomic E-state index is 12.0. The Balaban J connectivity index is 1.96. The number of halogens is 1. The Morgan fingerprint density at radius 1 is 1.20 bits per heavy atom. The van der Waals surface area contributed by atoms with E-state index < -0.39 is 6.10 Å². The largest absolute Gasteiger partial charge is 0.481 e. The number of anilines is 1. The first-order valence-corrected chi connectivity index (χ1v) is 7.13. The molecule has 0 saturated carbocycles. The highest BCUT2D eigenvalue weighted by Gasteiger charge is 2.14. The van der Waals surface area contributed by atoms with Gasteiger partial charge in [-0.3, -0.25) is 4.79 Å². The molecule has 0 aliphatic heterocycles. The molecule has 4 heteroatoms. The molecule has 2 aromatic carbocycles. The minimum atomic E-state index is -0.559. The van der Waals surface area contributed by atoms with Crippen LogP contribution >= 0.6 is 15.9 Å². The lowest BCUT2D eigenvalue weighted by molar-refractivity contribution is -0.122. The summed E-state index contributed by atoms with van der Waals surface area (Å²) in [6.07, 6.45) is -0.559. The number of hydrogen-bond acceptors (Lipinski definition) is 2. The van der Waals surface area contributed by atoms with Crippen LogP contribution < -0.4 is 10.1 Å². The molecule has 2 rings (SSSR count). The molecule has 20 heavy (non-hydrogen) atoms. The second kappa shape index (κ2) is 6.57. The van der Waals surface area contributed by atoms with Gasteiger partial charge in [0.25, 0.3) is 5.91 Å². The van der Waals surface area contributed by atoms with Crippen molar-refractivity contribution in [3.63, 3.8) is 0 Å². The van der Waals surface area contributed by atoms with Gasteiger partial charge >= 0.3 is 0 Å². The number of aryl methyl sites for hydroxylation is 1. The third kappa shape index (κ3) is 4.10. The number of ether oxygens (including phenoxy) is 1. The van der Waals surface area contributed by atoms with Crippen LogP contribution in [0.1, 0.15) is 12.5 Å². The van der Waals surface area contributed by atoms with Crippen LogP contribution in [0.5, 0.6) is 5.75 Å². The molecule has 1 atom stereocenters. The summed E-state index contributed by atoms with van der Waals surface area (Å²) in [6.45, 7) is 3.74. The van der Waals surface area contributed by atoms with Gasteiger partial charge in [-0.05, 0) is 44.2 Å². The standard InChI is InChI=1S/C16H16BrNO2/c1-11-6-8-15(9-7-11)20-12(2)16(19)18-14-5-3-4-13(17)10-14/h3-10,12H,1-2H3,(H,18,19)/t12-/m1/s1. The second-order valence-electron chi connectivity index (χ2n) is 4.57. The molecule has 0 aliphatic carbocycles. The molecule has 0 aliphatic rings. The van der Waals surface area contributed by atoms with Crippen molar-refractivity contribution in [1.29, 1.82) is 0 Å². The van der Waals surface area contributed by atoms with Crippen molar-refractivity contribution in [2.24, 2.45) is 0 Å². The Morgan fingerprint density at radius 2 is 1.90 bits per heavy atom. The zero-order chi connectivity index (χ0) is 14.5. The molecule has 2 aromatic rings. The van der Waals surface area contributed by atoms with Gasteiger partial charge in [0.15, 0.2) is 6.10 Å². The molecule has 0 unspecified atom stereocenters. The summed E-state index contributed by atoms with van der Waals surface area (Å²) < 4.78 is 6.53. The van der Waals surface area contributed by atoms with E-state index in [1.54, 1.807) is 6.92 Å². The zero-order valence-corrected chi connectivity index (χ0v) is 13.0. The Kier molecular flexibility index (Phi) is 4.79. The first kappa shape index (κ1) is 14.6. The van der Waals surface area contributed by atoms with Gasteiger partial charge in [-0.25, -0.2) is 0 Å². The van der Waals surface area contributed by atoms with E-state index in [1.165, 1.54) is 0 Å². The van der Waals surface area contributed by atoms with Crippen LogP contribution in [0.15, 0.2) is 53.0 Å². The van der Waals surface area contributed by atoms with Crippen LogP contribution in [-0.2, 0) is 4.79 Å². The summed E-state index contributed by atoms with van der Waals surface area (Å²) in [6, 6.07) is 15.1. The molecule has 0 aromatic heterocycles. The average Bonchev–Trinajstić information content (AvgIpc) is 2.41. The number of nitrogens with one attached hydrogen (secondary N) is 1. The fourth-order valence-corrected chi connectivity index (χ4v) is 2.08. The summed E-state index contributed by atoms with van der Waals surface area (Å²) in [5, 5.41) is 2.82. The van der Waals surface area contributed by atoms with Crippen molar-refractivity contribution in [2.75, 3.05) is 5.32 Å². The fraction of sp³-hybridized carbons (Fsp3) is 0.188. The molecule has 0 spiro atoms. The maximum Gasteiger partial charge on any atom is 0.265 e. The van der Waals surface area contributed by atoms with Gasteiger partial charge in [0.2, 0.25) is 0 Å². The molecule has 0 fully saturated rings. The Hall–Kier alpha value is -1.81. The predicted molar refractivity (Wildman–Crippen MR) is 84.0 cm³/mol. The number of hydrogen-bond donors (Lipinski definition) is 1. The maximum atomic E-state index is 12.0. The number of amides is 1. The van der Waals surface area contributed by atoms with Crippen LogP contribution in [0, 0.1) is 6.92 Å². The summed E-state index contributed by atoms with van der Waals surface area (Å²) in [4.78, 5) is 12.0. The number of benzene rings is 2. The van der Waals surface area contributed by atoms with Gasteiger partial charge in [0.05, 0.1) is 0 Å². The van der Waals surface area contributed by atoms with Gasteiger partial charge in [-0.2, -0.15) is 0 Å².